The Kier molecular flexibility index (Phi) is 5.29. The molecule has 2 aliphatic rings. The number of anilines is 2. The molecule has 0 bridgehead atoms. The number of hydrogen-bond donors (Lipinski definition) is 0. The van der Waals surface area contributed by atoms with E-state index in [0.717, 1.165) is 30.1 Å². The number of thiophene rings is 1. The fourth-order valence-electron chi connectivity index (χ4n) is 3.90. The number of alkyl halides is 3. The van der Waals surface area contributed by atoms with Gasteiger partial charge in [0, 0.05) is 19.1 Å². The van der Waals surface area contributed by atoms with Crippen LogP contribution in [0, 0.1) is 0 Å². The van der Waals surface area contributed by atoms with E-state index in [1.54, 1.807) is 16.3 Å². The highest BCUT2D eigenvalue weighted by Gasteiger charge is 2.36. The van der Waals surface area contributed by atoms with Crippen molar-refractivity contribution in [1.82, 2.24) is 0 Å². The van der Waals surface area contributed by atoms with Gasteiger partial charge in [-0.25, -0.2) is 0 Å². The van der Waals surface area contributed by atoms with Gasteiger partial charge in [0.1, 0.15) is 10.6 Å². The maximum atomic E-state index is 13.5. The fourth-order valence-corrected chi connectivity index (χ4v) is 4.88. The maximum Gasteiger partial charge on any atom is 0.416 e. The van der Waals surface area contributed by atoms with Gasteiger partial charge in [0.15, 0.2) is 5.75 Å². The smallest absolute Gasteiger partial charge is 0.416 e. The Labute approximate surface area is 191 Å². The molecular weight excluding hydrogens is 461 g/mol. The normalized spacial score (nSPS) is 16.1. The molecule has 32 heavy (non-hydrogen) atoms. The van der Waals surface area contributed by atoms with Gasteiger partial charge in [-0.2, -0.15) is 13.2 Å². The Bertz CT molecular complexity index is 1180. The van der Waals surface area contributed by atoms with Crippen molar-refractivity contribution in [2.45, 2.75) is 25.1 Å². The van der Waals surface area contributed by atoms with E-state index in [1.807, 2.05) is 24.3 Å². The second-order valence-electron chi connectivity index (χ2n) is 7.73. The first kappa shape index (κ1) is 21.2. The van der Waals surface area contributed by atoms with E-state index in [1.165, 1.54) is 30.2 Å². The van der Waals surface area contributed by atoms with Crippen LogP contribution in [-0.2, 0) is 6.18 Å². The molecule has 1 amide bonds. The molecule has 0 N–H and O–H groups in total. The van der Waals surface area contributed by atoms with E-state index < -0.39 is 11.7 Å². The molecule has 2 aromatic carbocycles. The molecule has 0 saturated heterocycles. The lowest BCUT2D eigenvalue weighted by atomic mass is 10.1. The van der Waals surface area contributed by atoms with Crippen LogP contribution in [-0.4, -0.2) is 25.0 Å². The summed E-state index contributed by atoms with van der Waals surface area (Å²) in [5.41, 5.74) is 1.03. The van der Waals surface area contributed by atoms with Crippen LogP contribution in [0.5, 0.6) is 11.5 Å². The van der Waals surface area contributed by atoms with Crippen LogP contribution in [0.4, 0.5) is 24.5 Å². The van der Waals surface area contributed by atoms with Crippen LogP contribution >= 0.6 is 22.9 Å². The van der Waals surface area contributed by atoms with Gasteiger partial charge in [-0.3, -0.25) is 4.79 Å². The Hall–Kier alpha value is -2.71. The van der Waals surface area contributed by atoms with Gasteiger partial charge in [-0.05, 0) is 54.6 Å². The van der Waals surface area contributed by atoms with Gasteiger partial charge in [-0.1, -0.05) is 23.7 Å². The largest absolute Gasteiger partial charge is 0.454 e. The van der Waals surface area contributed by atoms with E-state index in [2.05, 4.69) is 4.90 Å². The highest BCUT2D eigenvalue weighted by molar-refractivity contribution is 7.12. The lowest BCUT2D eigenvalue weighted by molar-refractivity contribution is -0.137. The molecule has 1 aliphatic carbocycles. The van der Waals surface area contributed by atoms with E-state index in [-0.39, 0.29) is 22.4 Å². The van der Waals surface area contributed by atoms with Gasteiger partial charge in [0.25, 0.3) is 5.91 Å². The lowest BCUT2D eigenvalue weighted by Gasteiger charge is -2.37. The standard InChI is InChI=1S/C23H18ClF3N2O2S/c24-16-13-14(23(25,26)27)5-8-19(16)31-20-9-12-32-21(20)22(30)29-11-10-28(15-6-7-15)17-3-1-2-4-18(17)29/h1-5,8-9,12-13,15H,6-7,10-11H2. The molecule has 1 aromatic heterocycles. The summed E-state index contributed by atoms with van der Waals surface area (Å²) in [6, 6.07) is 12.9. The topological polar surface area (TPSA) is 32.8 Å². The average Bonchev–Trinajstić information content (AvgIpc) is 3.51. The van der Waals surface area contributed by atoms with Gasteiger partial charge in [0.2, 0.25) is 0 Å². The number of carbonyl (C=O) groups excluding carboxylic acids is 1. The number of rotatable bonds is 4. The number of carbonyl (C=O) groups is 1. The first-order valence-corrected chi connectivity index (χ1v) is 11.4. The van der Waals surface area contributed by atoms with Crippen LogP contribution in [0.3, 0.4) is 0 Å². The van der Waals surface area contributed by atoms with E-state index in [9.17, 15) is 18.0 Å². The number of ether oxygens (including phenoxy) is 1. The number of amides is 1. The molecule has 0 unspecified atom stereocenters. The molecule has 1 aliphatic heterocycles. The fraction of sp³-hybridized carbons (Fsp3) is 0.261. The zero-order valence-electron chi connectivity index (χ0n) is 16.7. The molecule has 1 saturated carbocycles. The molecule has 3 aromatic rings. The molecule has 5 rings (SSSR count). The minimum Gasteiger partial charge on any atom is -0.454 e. The zero-order valence-corrected chi connectivity index (χ0v) is 18.3. The molecule has 2 heterocycles. The number of para-hydroxylation sites is 2. The predicted molar refractivity (Wildman–Crippen MR) is 119 cm³/mol. The quantitative estimate of drug-likeness (QED) is 0.411. The van der Waals surface area contributed by atoms with Crippen molar-refractivity contribution < 1.29 is 22.7 Å². The average molecular weight is 479 g/mol. The summed E-state index contributed by atoms with van der Waals surface area (Å²) in [5, 5.41) is 1.54. The van der Waals surface area contributed by atoms with Crippen molar-refractivity contribution in [3.05, 3.63) is 69.4 Å². The number of benzene rings is 2. The molecule has 166 valence electrons. The summed E-state index contributed by atoms with van der Waals surface area (Å²) in [7, 11) is 0. The van der Waals surface area contributed by atoms with Crippen molar-refractivity contribution in [3.63, 3.8) is 0 Å². The van der Waals surface area contributed by atoms with Crippen molar-refractivity contribution in [3.8, 4) is 11.5 Å². The Balaban J connectivity index is 1.41. The minimum atomic E-state index is -4.50. The van der Waals surface area contributed by atoms with Crippen LogP contribution in [0.15, 0.2) is 53.9 Å². The Morgan fingerprint density at radius 1 is 1.03 bits per heavy atom. The van der Waals surface area contributed by atoms with Crippen molar-refractivity contribution in [2.24, 2.45) is 0 Å². The summed E-state index contributed by atoms with van der Waals surface area (Å²) >= 11 is 7.25. The van der Waals surface area contributed by atoms with Gasteiger partial charge in [0.05, 0.1) is 22.0 Å². The highest BCUT2D eigenvalue weighted by Crippen LogP contribution is 2.42. The molecule has 4 nitrogen and oxygen atoms in total. The Morgan fingerprint density at radius 3 is 2.47 bits per heavy atom. The minimum absolute atomic E-state index is 0.0612. The highest BCUT2D eigenvalue weighted by atomic mass is 35.5. The summed E-state index contributed by atoms with van der Waals surface area (Å²) in [4.78, 5) is 17.9. The summed E-state index contributed by atoms with van der Waals surface area (Å²) < 4.78 is 44.5. The summed E-state index contributed by atoms with van der Waals surface area (Å²) in [6.45, 7) is 1.30. The van der Waals surface area contributed by atoms with E-state index >= 15 is 0 Å². The third kappa shape index (κ3) is 3.93. The van der Waals surface area contributed by atoms with Crippen LogP contribution < -0.4 is 14.5 Å². The SMILES string of the molecule is O=C(c1sccc1Oc1ccc(C(F)(F)F)cc1Cl)N1CCN(C2CC2)c2ccccc21. The monoisotopic (exact) mass is 478 g/mol. The third-order valence-corrected chi connectivity index (χ3v) is 6.76. The molecule has 9 heteroatoms. The van der Waals surface area contributed by atoms with Crippen LogP contribution in [0.2, 0.25) is 5.02 Å². The molecule has 0 radical (unpaired) electrons. The number of hydrogen-bond acceptors (Lipinski definition) is 4. The number of halogens is 4. The summed E-state index contributed by atoms with van der Waals surface area (Å²) in [6.07, 6.45) is -2.17. The van der Waals surface area contributed by atoms with Crippen LogP contribution in [0.1, 0.15) is 28.1 Å². The van der Waals surface area contributed by atoms with Gasteiger partial charge in [-0.15, -0.1) is 11.3 Å². The summed E-state index contributed by atoms with van der Waals surface area (Å²) in [5.74, 6) is 0.121. The molecule has 1 fully saturated rings. The lowest BCUT2D eigenvalue weighted by Crippen LogP contribution is -2.44. The van der Waals surface area contributed by atoms with Crippen LogP contribution in [0.25, 0.3) is 0 Å². The first-order valence-electron chi connectivity index (χ1n) is 10.1. The first-order chi connectivity index (χ1) is 15.3. The molecule has 0 spiro atoms. The van der Waals surface area contributed by atoms with Gasteiger partial charge < -0.3 is 14.5 Å². The second kappa shape index (κ2) is 8.01. The maximum absolute atomic E-state index is 13.5. The van der Waals surface area contributed by atoms with E-state index in [0.29, 0.717) is 17.5 Å². The van der Waals surface area contributed by atoms with Crippen molar-refractivity contribution in [2.75, 3.05) is 22.9 Å². The van der Waals surface area contributed by atoms with E-state index in [4.69, 9.17) is 16.3 Å². The number of nitrogens with zero attached hydrogens (tertiary/aromatic N) is 2. The molecular formula is C23H18ClF3N2O2S. The second-order valence-corrected chi connectivity index (χ2v) is 9.05. The van der Waals surface area contributed by atoms with Gasteiger partial charge >= 0.3 is 6.18 Å². The van der Waals surface area contributed by atoms with Crippen molar-refractivity contribution >= 4 is 40.2 Å². The zero-order chi connectivity index (χ0) is 22.5. The van der Waals surface area contributed by atoms with Crippen molar-refractivity contribution in [1.29, 1.82) is 0 Å². The molecule has 0 atom stereocenters. The third-order valence-electron chi connectivity index (χ3n) is 5.58. The predicted octanol–water partition coefficient (Wildman–Crippen LogP) is 6.84. The number of fused-ring (bicyclic) bond motifs is 1. The Morgan fingerprint density at radius 2 is 1.78 bits per heavy atom.